The van der Waals surface area contributed by atoms with Crippen LogP contribution in [0.3, 0.4) is 0 Å². The zero-order valence-electron chi connectivity index (χ0n) is 9.05. The van der Waals surface area contributed by atoms with Crippen LogP contribution in [-0.4, -0.2) is 20.5 Å². The minimum atomic E-state index is -4.60. The van der Waals surface area contributed by atoms with Gasteiger partial charge < -0.3 is 4.74 Å². The van der Waals surface area contributed by atoms with Crippen LogP contribution in [-0.2, 0) is 16.0 Å². The third-order valence-electron chi connectivity index (χ3n) is 2.28. The van der Waals surface area contributed by atoms with E-state index in [-0.39, 0.29) is 11.4 Å². The molecule has 0 aliphatic rings. The molecule has 0 spiro atoms. The molecular formula is C11H10FNO3S. The van der Waals surface area contributed by atoms with Gasteiger partial charge in [0.1, 0.15) is 5.75 Å². The van der Waals surface area contributed by atoms with E-state index in [1.165, 1.54) is 7.11 Å². The number of methoxy groups -OCH3 is 1. The largest absolute Gasteiger partial charge is 0.481 e. The highest BCUT2D eigenvalue weighted by molar-refractivity contribution is 7.85. The number of rotatable bonds is 3. The number of fused-ring (bicyclic) bond motifs is 1. The monoisotopic (exact) mass is 255 g/mol. The topological polar surface area (TPSA) is 56.3 Å². The number of hydrogen-bond donors (Lipinski definition) is 0. The number of hydrogen-bond acceptors (Lipinski definition) is 4. The molecular weight excluding hydrogens is 245 g/mol. The van der Waals surface area contributed by atoms with Gasteiger partial charge in [0.2, 0.25) is 5.88 Å². The van der Waals surface area contributed by atoms with Gasteiger partial charge in [-0.05, 0) is 12.1 Å². The molecule has 0 aliphatic carbocycles. The molecule has 90 valence electrons. The van der Waals surface area contributed by atoms with Gasteiger partial charge in [-0.15, -0.1) is 3.89 Å². The van der Waals surface area contributed by atoms with Crippen LogP contribution < -0.4 is 4.74 Å². The van der Waals surface area contributed by atoms with Gasteiger partial charge in [-0.2, -0.15) is 8.42 Å². The van der Waals surface area contributed by atoms with E-state index < -0.39 is 16.0 Å². The van der Waals surface area contributed by atoms with E-state index in [0.717, 1.165) is 5.39 Å². The Bertz CT molecular complexity index is 655. The molecule has 17 heavy (non-hydrogen) atoms. The molecule has 0 radical (unpaired) electrons. The number of pyridine rings is 1. The average molecular weight is 255 g/mol. The third kappa shape index (κ3) is 2.71. The quantitative estimate of drug-likeness (QED) is 0.787. The van der Waals surface area contributed by atoms with Crippen molar-refractivity contribution < 1.29 is 17.0 Å². The van der Waals surface area contributed by atoms with Crippen molar-refractivity contribution in [3.63, 3.8) is 0 Å². The molecule has 1 aromatic heterocycles. The maximum atomic E-state index is 12.7. The van der Waals surface area contributed by atoms with Crippen LogP contribution in [0.15, 0.2) is 30.3 Å². The fourth-order valence-electron chi connectivity index (χ4n) is 1.61. The molecule has 0 saturated carbocycles. The predicted octanol–water partition coefficient (Wildman–Crippen LogP) is 2.04. The first-order valence-electron chi connectivity index (χ1n) is 4.84. The lowest BCUT2D eigenvalue weighted by Gasteiger charge is -2.07. The van der Waals surface area contributed by atoms with Crippen LogP contribution in [0.1, 0.15) is 5.56 Å². The Morgan fingerprint density at radius 2 is 2.06 bits per heavy atom. The second-order valence-corrected chi connectivity index (χ2v) is 4.90. The van der Waals surface area contributed by atoms with Gasteiger partial charge in [0.05, 0.1) is 12.6 Å². The summed E-state index contributed by atoms with van der Waals surface area (Å²) in [6.07, 6.45) is 0. The summed E-state index contributed by atoms with van der Waals surface area (Å²) in [5.74, 6) is -0.599. The number of aromatic nitrogens is 1. The lowest BCUT2D eigenvalue weighted by atomic mass is 10.2. The van der Waals surface area contributed by atoms with Crippen molar-refractivity contribution in [1.29, 1.82) is 0 Å². The van der Waals surface area contributed by atoms with Gasteiger partial charge in [-0.25, -0.2) is 4.98 Å². The van der Waals surface area contributed by atoms with E-state index in [1.54, 1.807) is 30.3 Å². The summed E-state index contributed by atoms with van der Waals surface area (Å²) >= 11 is 0. The van der Waals surface area contributed by atoms with Crippen molar-refractivity contribution in [1.82, 2.24) is 4.98 Å². The van der Waals surface area contributed by atoms with E-state index in [1.807, 2.05) is 0 Å². The summed E-state index contributed by atoms with van der Waals surface area (Å²) in [5.41, 5.74) is 0.887. The second-order valence-electron chi connectivity index (χ2n) is 3.53. The Morgan fingerprint density at radius 1 is 1.35 bits per heavy atom. The van der Waals surface area contributed by atoms with E-state index in [2.05, 4.69) is 4.98 Å². The van der Waals surface area contributed by atoms with Crippen molar-refractivity contribution >= 4 is 21.1 Å². The molecule has 0 bridgehead atoms. The first-order chi connectivity index (χ1) is 7.99. The Balaban J connectivity index is 2.61. The van der Waals surface area contributed by atoms with Crippen LogP contribution in [0.2, 0.25) is 0 Å². The van der Waals surface area contributed by atoms with Gasteiger partial charge in [0.25, 0.3) is 0 Å². The van der Waals surface area contributed by atoms with Gasteiger partial charge in [-0.1, -0.05) is 18.2 Å². The van der Waals surface area contributed by atoms with E-state index in [9.17, 15) is 12.3 Å². The molecule has 0 atom stereocenters. The molecule has 0 fully saturated rings. The highest BCUT2D eigenvalue weighted by Gasteiger charge is 2.15. The second kappa shape index (κ2) is 4.29. The maximum Gasteiger partial charge on any atom is 0.306 e. The molecule has 0 N–H and O–H groups in total. The van der Waals surface area contributed by atoms with E-state index >= 15 is 0 Å². The molecule has 1 aromatic carbocycles. The third-order valence-corrected chi connectivity index (χ3v) is 2.94. The molecule has 1 heterocycles. The minimum absolute atomic E-state index is 0.130. The Kier molecular flexibility index (Phi) is 2.97. The molecule has 4 nitrogen and oxygen atoms in total. The smallest absolute Gasteiger partial charge is 0.306 e. The van der Waals surface area contributed by atoms with Crippen LogP contribution in [0.4, 0.5) is 3.89 Å². The summed E-state index contributed by atoms with van der Waals surface area (Å²) in [7, 11) is -3.23. The summed E-state index contributed by atoms with van der Waals surface area (Å²) in [6.45, 7) is 0. The molecule has 0 aliphatic heterocycles. The standard InChI is InChI=1S/C11H10FNO3S/c1-16-11-9(7-17(12,14)15)6-8-4-2-3-5-10(8)13-11/h2-6H,7H2,1H3. The van der Waals surface area contributed by atoms with Crippen molar-refractivity contribution in [3.05, 3.63) is 35.9 Å². The van der Waals surface area contributed by atoms with Gasteiger partial charge in [-0.3, -0.25) is 0 Å². The number of benzene rings is 1. The van der Waals surface area contributed by atoms with Gasteiger partial charge >= 0.3 is 10.2 Å². The fourth-order valence-corrected chi connectivity index (χ4v) is 2.19. The highest BCUT2D eigenvalue weighted by atomic mass is 32.3. The number of halogens is 1. The van der Waals surface area contributed by atoms with Crippen molar-refractivity contribution in [3.8, 4) is 5.88 Å². The Labute approximate surface area is 98.3 Å². The van der Waals surface area contributed by atoms with E-state index in [0.29, 0.717) is 5.52 Å². The Morgan fingerprint density at radius 3 is 2.71 bits per heavy atom. The van der Waals surface area contributed by atoms with Gasteiger partial charge in [0.15, 0.2) is 0 Å². The Hall–Kier alpha value is -1.69. The molecule has 0 unspecified atom stereocenters. The highest BCUT2D eigenvalue weighted by Crippen LogP contribution is 2.24. The zero-order valence-corrected chi connectivity index (χ0v) is 9.87. The first kappa shape index (κ1) is 11.8. The summed E-state index contributed by atoms with van der Waals surface area (Å²) in [4.78, 5) is 4.12. The predicted molar refractivity (Wildman–Crippen MR) is 62.0 cm³/mol. The van der Waals surface area contributed by atoms with Crippen molar-refractivity contribution in [2.45, 2.75) is 5.75 Å². The number of nitrogens with zero attached hydrogens (tertiary/aromatic N) is 1. The van der Waals surface area contributed by atoms with Gasteiger partial charge in [0, 0.05) is 10.9 Å². The number of ether oxygens (including phenoxy) is 1. The lowest BCUT2D eigenvalue weighted by molar-refractivity contribution is 0.395. The summed E-state index contributed by atoms with van der Waals surface area (Å²) in [5, 5.41) is 0.743. The molecule has 6 heteroatoms. The zero-order chi connectivity index (χ0) is 12.5. The van der Waals surface area contributed by atoms with E-state index in [4.69, 9.17) is 4.74 Å². The molecule has 2 rings (SSSR count). The van der Waals surface area contributed by atoms with Crippen LogP contribution in [0.25, 0.3) is 10.9 Å². The molecule has 0 saturated heterocycles. The maximum absolute atomic E-state index is 12.7. The van der Waals surface area contributed by atoms with Crippen LogP contribution in [0.5, 0.6) is 5.88 Å². The molecule has 2 aromatic rings. The minimum Gasteiger partial charge on any atom is -0.481 e. The molecule has 0 amide bonds. The SMILES string of the molecule is COc1nc2ccccc2cc1CS(=O)(=O)F. The summed E-state index contributed by atoms with van der Waals surface area (Å²) in [6, 6.07) is 8.71. The number of para-hydroxylation sites is 1. The van der Waals surface area contributed by atoms with Crippen LogP contribution in [0, 0.1) is 0 Å². The lowest BCUT2D eigenvalue weighted by Crippen LogP contribution is -2.01. The normalized spacial score (nSPS) is 11.6. The average Bonchev–Trinajstić information content (AvgIpc) is 2.26. The first-order valence-corrected chi connectivity index (χ1v) is 6.40. The van der Waals surface area contributed by atoms with Crippen molar-refractivity contribution in [2.75, 3.05) is 7.11 Å². The van der Waals surface area contributed by atoms with Crippen molar-refractivity contribution in [2.24, 2.45) is 0 Å². The van der Waals surface area contributed by atoms with Crippen LogP contribution >= 0.6 is 0 Å². The fraction of sp³-hybridized carbons (Fsp3) is 0.182. The summed E-state index contributed by atoms with van der Waals surface area (Å²) < 4.78 is 38.9.